The molecule has 1 aliphatic rings. The molecule has 0 bridgehead atoms. The molecule has 1 fully saturated rings. The van der Waals surface area contributed by atoms with Crippen LogP contribution in [0, 0.1) is 0 Å². The number of nitrogens with one attached hydrogen (secondary N) is 1. The SMILES string of the molecule is CCOc1cc(N)cc(C(=O)NCCC2CCCCO2)c1. The van der Waals surface area contributed by atoms with E-state index in [1.54, 1.807) is 18.2 Å². The van der Waals surface area contributed by atoms with E-state index in [0.29, 0.717) is 30.2 Å². The summed E-state index contributed by atoms with van der Waals surface area (Å²) >= 11 is 0. The number of nitrogens with two attached hydrogens (primary N) is 1. The van der Waals surface area contributed by atoms with E-state index in [1.165, 1.54) is 6.42 Å². The minimum absolute atomic E-state index is 0.126. The van der Waals surface area contributed by atoms with Crippen LogP contribution < -0.4 is 15.8 Å². The van der Waals surface area contributed by atoms with Crippen molar-refractivity contribution >= 4 is 11.6 Å². The van der Waals surface area contributed by atoms with E-state index >= 15 is 0 Å². The maximum Gasteiger partial charge on any atom is 0.251 e. The fourth-order valence-electron chi connectivity index (χ4n) is 2.49. The second-order valence-corrected chi connectivity index (χ2v) is 5.26. The lowest BCUT2D eigenvalue weighted by atomic mass is 10.1. The third kappa shape index (κ3) is 4.93. The predicted molar refractivity (Wildman–Crippen MR) is 82.6 cm³/mol. The quantitative estimate of drug-likeness (QED) is 0.789. The molecule has 0 aliphatic carbocycles. The number of amides is 1. The lowest BCUT2D eigenvalue weighted by molar-refractivity contribution is 0.0117. The molecule has 0 spiro atoms. The Morgan fingerprint density at radius 3 is 3.00 bits per heavy atom. The largest absolute Gasteiger partial charge is 0.494 e. The van der Waals surface area contributed by atoms with Crippen molar-refractivity contribution in [2.45, 2.75) is 38.7 Å². The summed E-state index contributed by atoms with van der Waals surface area (Å²) in [5, 5.41) is 2.91. The number of benzene rings is 1. The number of anilines is 1. The maximum atomic E-state index is 12.1. The van der Waals surface area contributed by atoms with Crippen LogP contribution in [0.2, 0.25) is 0 Å². The van der Waals surface area contributed by atoms with E-state index in [0.717, 1.165) is 25.9 Å². The molecular weight excluding hydrogens is 268 g/mol. The molecule has 116 valence electrons. The Labute approximate surface area is 125 Å². The topological polar surface area (TPSA) is 73.6 Å². The van der Waals surface area contributed by atoms with Crippen molar-refractivity contribution in [1.82, 2.24) is 5.32 Å². The first-order chi connectivity index (χ1) is 10.2. The summed E-state index contributed by atoms with van der Waals surface area (Å²) in [6.07, 6.45) is 4.58. The Balaban J connectivity index is 1.84. The average Bonchev–Trinajstić information content (AvgIpc) is 2.48. The summed E-state index contributed by atoms with van der Waals surface area (Å²) in [5.74, 6) is 0.498. The highest BCUT2D eigenvalue weighted by atomic mass is 16.5. The van der Waals surface area contributed by atoms with Crippen molar-refractivity contribution in [3.05, 3.63) is 23.8 Å². The molecule has 21 heavy (non-hydrogen) atoms. The summed E-state index contributed by atoms with van der Waals surface area (Å²) in [4.78, 5) is 12.1. The van der Waals surface area contributed by atoms with Gasteiger partial charge in [0.05, 0.1) is 12.7 Å². The molecule has 5 heteroatoms. The molecule has 1 heterocycles. The molecule has 2 rings (SSSR count). The lowest BCUT2D eigenvalue weighted by Gasteiger charge is -2.22. The standard InChI is InChI=1S/C16H24N2O3/c1-2-20-15-10-12(9-13(17)11-15)16(19)18-7-6-14-5-3-4-8-21-14/h9-11,14H,2-8,17H2,1H3,(H,18,19). The van der Waals surface area contributed by atoms with Crippen molar-refractivity contribution in [1.29, 1.82) is 0 Å². The first-order valence-corrected chi connectivity index (χ1v) is 7.62. The van der Waals surface area contributed by atoms with Crippen LogP contribution in [0.15, 0.2) is 18.2 Å². The maximum absolute atomic E-state index is 12.1. The highest BCUT2D eigenvalue weighted by Crippen LogP contribution is 2.19. The number of ether oxygens (including phenoxy) is 2. The molecule has 1 unspecified atom stereocenters. The summed E-state index contributed by atoms with van der Waals surface area (Å²) in [7, 11) is 0. The van der Waals surface area contributed by atoms with E-state index in [4.69, 9.17) is 15.2 Å². The molecule has 1 saturated heterocycles. The van der Waals surface area contributed by atoms with Gasteiger partial charge in [-0.15, -0.1) is 0 Å². The van der Waals surface area contributed by atoms with Gasteiger partial charge in [-0.1, -0.05) is 0 Å². The molecule has 1 amide bonds. The van der Waals surface area contributed by atoms with E-state index in [-0.39, 0.29) is 12.0 Å². The zero-order valence-electron chi connectivity index (χ0n) is 12.6. The van der Waals surface area contributed by atoms with Gasteiger partial charge < -0.3 is 20.5 Å². The molecule has 1 atom stereocenters. The Bertz CT molecular complexity index is 471. The Morgan fingerprint density at radius 1 is 1.43 bits per heavy atom. The number of nitrogen functional groups attached to an aromatic ring is 1. The highest BCUT2D eigenvalue weighted by Gasteiger charge is 2.14. The molecule has 3 N–H and O–H groups in total. The number of carbonyl (C=O) groups excluding carboxylic acids is 1. The minimum Gasteiger partial charge on any atom is -0.494 e. The van der Waals surface area contributed by atoms with Crippen LogP contribution in [0.5, 0.6) is 5.75 Å². The molecule has 1 aromatic carbocycles. The summed E-state index contributed by atoms with van der Waals surface area (Å²) in [5.41, 5.74) is 6.85. The minimum atomic E-state index is -0.126. The number of hydrogen-bond acceptors (Lipinski definition) is 4. The van der Waals surface area contributed by atoms with Crippen molar-refractivity contribution in [3.8, 4) is 5.75 Å². The van der Waals surface area contributed by atoms with E-state index in [9.17, 15) is 4.79 Å². The van der Waals surface area contributed by atoms with Gasteiger partial charge in [0.25, 0.3) is 5.91 Å². The third-order valence-electron chi connectivity index (χ3n) is 3.53. The lowest BCUT2D eigenvalue weighted by Crippen LogP contribution is -2.29. The molecular formula is C16H24N2O3. The highest BCUT2D eigenvalue weighted by molar-refractivity contribution is 5.95. The first kappa shape index (κ1) is 15.6. The van der Waals surface area contributed by atoms with Crippen LogP contribution in [0.3, 0.4) is 0 Å². The van der Waals surface area contributed by atoms with Gasteiger partial charge in [0.1, 0.15) is 5.75 Å². The van der Waals surface area contributed by atoms with Crippen molar-refractivity contribution in [3.63, 3.8) is 0 Å². The van der Waals surface area contributed by atoms with Gasteiger partial charge in [0.2, 0.25) is 0 Å². The van der Waals surface area contributed by atoms with Gasteiger partial charge in [-0.3, -0.25) is 4.79 Å². The zero-order valence-corrected chi connectivity index (χ0v) is 12.6. The molecule has 1 aromatic rings. The Morgan fingerprint density at radius 2 is 2.29 bits per heavy atom. The summed E-state index contributed by atoms with van der Waals surface area (Å²) in [6.45, 7) is 3.89. The monoisotopic (exact) mass is 292 g/mol. The zero-order chi connectivity index (χ0) is 15.1. The number of carbonyl (C=O) groups is 1. The third-order valence-corrected chi connectivity index (χ3v) is 3.53. The first-order valence-electron chi connectivity index (χ1n) is 7.62. The number of hydrogen-bond donors (Lipinski definition) is 2. The van der Waals surface area contributed by atoms with E-state index in [2.05, 4.69) is 5.32 Å². The van der Waals surface area contributed by atoms with Crippen molar-refractivity contribution < 1.29 is 14.3 Å². The molecule has 0 saturated carbocycles. The van der Waals surface area contributed by atoms with Crippen molar-refractivity contribution in [2.75, 3.05) is 25.5 Å². The van der Waals surface area contributed by atoms with Gasteiger partial charge in [-0.05, 0) is 44.7 Å². The normalized spacial score (nSPS) is 18.2. The second kappa shape index (κ2) is 7.88. The van der Waals surface area contributed by atoms with Crippen LogP contribution in [0.1, 0.15) is 43.0 Å². The fourth-order valence-corrected chi connectivity index (χ4v) is 2.49. The molecule has 0 radical (unpaired) electrons. The van der Waals surface area contributed by atoms with Crippen LogP contribution >= 0.6 is 0 Å². The average molecular weight is 292 g/mol. The van der Waals surface area contributed by atoms with E-state index < -0.39 is 0 Å². The number of rotatable bonds is 6. The van der Waals surface area contributed by atoms with Crippen LogP contribution in [0.4, 0.5) is 5.69 Å². The molecule has 5 nitrogen and oxygen atoms in total. The summed E-state index contributed by atoms with van der Waals surface area (Å²) in [6, 6.07) is 5.09. The van der Waals surface area contributed by atoms with Gasteiger partial charge in [0.15, 0.2) is 0 Å². The van der Waals surface area contributed by atoms with Crippen LogP contribution in [0.25, 0.3) is 0 Å². The molecule has 0 aromatic heterocycles. The van der Waals surface area contributed by atoms with Crippen LogP contribution in [-0.2, 0) is 4.74 Å². The van der Waals surface area contributed by atoms with Crippen molar-refractivity contribution in [2.24, 2.45) is 0 Å². The van der Waals surface area contributed by atoms with Gasteiger partial charge in [-0.2, -0.15) is 0 Å². The van der Waals surface area contributed by atoms with Gasteiger partial charge in [0, 0.05) is 30.5 Å². The van der Waals surface area contributed by atoms with Crippen LogP contribution in [-0.4, -0.2) is 31.8 Å². The Hall–Kier alpha value is -1.75. The van der Waals surface area contributed by atoms with Gasteiger partial charge in [-0.25, -0.2) is 0 Å². The molecule has 1 aliphatic heterocycles. The predicted octanol–water partition coefficient (Wildman–Crippen LogP) is 2.36. The second-order valence-electron chi connectivity index (χ2n) is 5.26. The fraction of sp³-hybridized carbons (Fsp3) is 0.562. The summed E-state index contributed by atoms with van der Waals surface area (Å²) < 4.78 is 11.0. The smallest absolute Gasteiger partial charge is 0.251 e. The van der Waals surface area contributed by atoms with E-state index in [1.807, 2.05) is 6.92 Å². The Kier molecular flexibility index (Phi) is 5.87. The van der Waals surface area contributed by atoms with Gasteiger partial charge >= 0.3 is 0 Å².